The second-order valence-corrected chi connectivity index (χ2v) is 3.91. The number of hydrogen-bond acceptors (Lipinski definition) is 1. The summed E-state index contributed by atoms with van der Waals surface area (Å²) in [6.07, 6.45) is 0. The van der Waals surface area contributed by atoms with Crippen LogP contribution in [0.2, 0.25) is 5.02 Å². The Kier molecular flexibility index (Phi) is 4.36. The Morgan fingerprint density at radius 2 is 2.27 bits per heavy atom. The van der Waals surface area contributed by atoms with Crippen molar-refractivity contribution in [2.45, 2.75) is 6.92 Å². The first-order chi connectivity index (χ1) is 7.04. The summed E-state index contributed by atoms with van der Waals surface area (Å²) in [4.78, 5) is 11.4. The molecule has 2 nitrogen and oxygen atoms in total. The lowest BCUT2D eigenvalue weighted by molar-refractivity contribution is -0.118. The van der Waals surface area contributed by atoms with E-state index in [4.69, 9.17) is 23.2 Å². The van der Waals surface area contributed by atoms with E-state index in [1.807, 2.05) is 0 Å². The van der Waals surface area contributed by atoms with Gasteiger partial charge in [0.1, 0.15) is 5.82 Å². The average molecular weight is 250 g/mol. The fraction of sp³-hybridized carbons (Fsp3) is 0.300. The van der Waals surface area contributed by atoms with Crippen LogP contribution in [0.5, 0.6) is 0 Å². The molecule has 1 aromatic rings. The molecule has 0 spiro atoms. The third kappa shape index (κ3) is 3.36. The number of carbonyl (C=O) groups excluding carboxylic acids is 1. The zero-order valence-electron chi connectivity index (χ0n) is 8.06. The molecule has 0 saturated carbocycles. The first-order valence-electron chi connectivity index (χ1n) is 4.36. The number of hydrogen-bond donors (Lipinski definition) is 1. The van der Waals surface area contributed by atoms with E-state index in [1.54, 1.807) is 6.92 Å². The highest BCUT2D eigenvalue weighted by atomic mass is 35.5. The van der Waals surface area contributed by atoms with Gasteiger partial charge in [0.05, 0.1) is 5.69 Å². The molecule has 1 aromatic carbocycles. The normalized spacial score (nSPS) is 12.3. The lowest BCUT2D eigenvalue weighted by Crippen LogP contribution is -2.22. The van der Waals surface area contributed by atoms with Gasteiger partial charge < -0.3 is 5.32 Å². The van der Waals surface area contributed by atoms with Crippen molar-refractivity contribution in [3.63, 3.8) is 0 Å². The maximum atomic E-state index is 13.2. The number of carbonyl (C=O) groups is 1. The molecule has 0 bridgehead atoms. The van der Waals surface area contributed by atoms with E-state index in [2.05, 4.69) is 5.32 Å². The van der Waals surface area contributed by atoms with Crippen molar-refractivity contribution in [3.8, 4) is 0 Å². The second-order valence-electron chi connectivity index (χ2n) is 3.17. The standard InChI is InChI=1S/C10H10Cl2FNO/c1-6(5-11)10(15)14-9-4-7(12)2-3-8(9)13/h2-4,6H,5H2,1H3,(H,14,15). The Morgan fingerprint density at radius 1 is 1.60 bits per heavy atom. The van der Waals surface area contributed by atoms with Gasteiger partial charge in [-0.15, -0.1) is 11.6 Å². The molecule has 1 N–H and O–H groups in total. The molecule has 0 aliphatic heterocycles. The molecular formula is C10H10Cl2FNO. The van der Waals surface area contributed by atoms with Gasteiger partial charge >= 0.3 is 0 Å². The highest BCUT2D eigenvalue weighted by Gasteiger charge is 2.13. The molecule has 0 fully saturated rings. The van der Waals surface area contributed by atoms with Crippen LogP contribution in [0.4, 0.5) is 10.1 Å². The topological polar surface area (TPSA) is 29.1 Å². The molecular weight excluding hydrogens is 240 g/mol. The van der Waals surface area contributed by atoms with Gasteiger partial charge in [0.25, 0.3) is 0 Å². The van der Waals surface area contributed by atoms with Gasteiger partial charge in [-0.1, -0.05) is 18.5 Å². The number of anilines is 1. The van der Waals surface area contributed by atoms with E-state index < -0.39 is 5.82 Å². The molecule has 1 atom stereocenters. The SMILES string of the molecule is CC(CCl)C(=O)Nc1cc(Cl)ccc1F. The summed E-state index contributed by atoms with van der Waals surface area (Å²) in [5.41, 5.74) is 0.0736. The summed E-state index contributed by atoms with van der Waals surface area (Å²) in [5, 5.41) is 2.78. The van der Waals surface area contributed by atoms with Crippen molar-refractivity contribution in [1.29, 1.82) is 0 Å². The van der Waals surface area contributed by atoms with Crippen LogP contribution in [-0.4, -0.2) is 11.8 Å². The molecule has 0 saturated heterocycles. The third-order valence-corrected chi connectivity index (χ3v) is 2.56. The van der Waals surface area contributed by atoms with Gasteiger partial charge in [0.15, 0.2) is 0 Å². The third-order valence-electron chi connectivity index (χ3n) is 1.87. The Bertz CT molecular complexity index is 370. The van der Waals surface area contributed by atoms with E-state index in [9.17, 15) is 9.18 Å². The minimum atomic E-state index is -0.519. The summed E-state index contributed by atoms with van der Waals surface area (Å²) in [7, 11) is 0. The Balaban J connectivity index is 2.80. The fourth-order valence-corrected chi connectivity index (χ4v) is 1.23. The predicted octanol–water partition coefficient (Wildman–Crippen LogP) is 3.29. The van der Waals surface area contributed by atoms with Crippen LogP contribution < -0.4 is 5.32 Å². The smallest absolute Gasteiger partial charge is 0.228 e. The van der Waals surface area contributed by atoms with Gasteiger partial charge in [-0.3, -0.25) is 4.79 Å². The van der Waals surface area contributed by atoms with Crippen molar-refractivity contribution >= 4 is 34.8 Å². The van der Waals surface area contributed by atoms with Gasteiger partial charge in [-0.05, 0) is 18.2 Å². The zero-order chi connectivity index (χ0) is 11.4. The van der Waals surface area contributed by atoms with Crippen molar-refractivity contribution in [3.05, 3.63) is 29.0 Å². The van der Waals surface area contributed by atoms with Crippen LogP contribution in [-0.2, 0) is 4.79 Å². The van der Waals surface area contributed by atoms with Crippen molar-refractivity contribution in [1.82, 2.24) is 0 Å². The van der Waals surface area contributed by atoms with Gasteiger partial charge in [0.2, 0.25) is 5.91 Å². The number of amides is 1. The monoisotopic (exact) mass is 249 g/mol. The van der Waals surface area contributed by atoms with Crippen LogP contribution >= 0.6 is 23.2 Å². The van der Waals surface area contributed by atoms with Crippen molar-refractivity contribution in [2.24, 2.45) is 5.92 Å². The van der Waals surface area contributed by atoms with E-state index in [1.165, 1.54) is 18.2 Å². The molecule has 1 unspecified atom stereocenters. The number of benzene rings is 1. The predicted molar refractivity (Wildman–Crippen MR) is 59.9 cm³/mol. The molecule has 0 heterocycles. The quantitative estimate of drug-likeness (QED) is 0.819. The minimum absolute atomic E-state index is 0.0736. The highest BCUT2D eigenvalue weighted by molar-refractivity contribution is 6.30. The van der Waals surface area contributed by atoms with Crippen LogP contribution in [0.1, 0.15) is 6.92 Å². The van der Waals surface area contributed by atoms with Crippen molar-refractivity contribution < 1.29 is 9.18 Å². The molecule has 0 aliphatic rings. The molecule has 15 heavy (non-hydrogen) atoms. The lowest BCUT2D eigenvalue weighted by Gasteiger charge is -2.10. The molecule has 82 valence electrons. The number of nitrogens with one attached hydrogen (secondary N) is 1. The van der Waals surface area contributed by atoms with Crippen LogP contribution in [0.15, 0.2) is 18.2 Å². The van der Waals surface area contributed by atoms with Gasteiger partial charge in [0, 0.05) is 16.8 Å². The maximum absolute atomic E-state index is 13.2. The lowest BCUT2D eigenvalue weighted by atomic mass is 10.2. The van der Waals surface area contributed by atoms with Crippen LogP contribution in [0.3, 0.4) is 0 Å². The summed E-state index contributed by atoms with van der Waals surface area (Å²) in [5.74, 6) is -1.03. The van der Waals surface area contributed by atoms with Crippen LogP contribution in [0, 0.1) is 11.7 Å². The maximum Gasteiger partial charge on any atom is 0.228 e. The molecule has 1 amide bonds. The Morgan fingerprint density at radius 3 is 2.87 bits per heavy atom. The minimum Gasteiger partial charge on any atom is -0.323 e. The fourth-order valence-electron chi connectivity index (χ4n) is 0.919. The van der Waals surface area contributed by atoms with Crippen molar-refractivity contribution in [2.75, 3.05) is 11.2 Å². The van der Waals surface area contributed by atoms with E-state index in [-0.39, 0.29) is 23.4 Å². The summed E-state index contributed by atoms with van der Waals surface area (Å²) >= 11 is 11.2. The van der Waals surface area contributed by atoms with E-state index in [0.29, 0.717) is 5.02 Å². The van der Waals surface area contributed by atoms with Gasteiger partial charge in [-0.2, -0.15) is 0 Å². The first kappa shape index (κ1) is 12.3. The highest BCUT2D eigenvalue weighted by Crippen LogP contribution is 2.20. The number of alkyl halides is 1. The molecule has 5 heteroatoms. The number of rotatable bonds is 3. The van der Waals surface area contributed by atoms with Gasteiger partial charge in [-0.25, -0.2) is 4.39 Å². The zero-order valence-corrected chi connectivity index (χ0v) is 9.57. The Labute approximate surface area is 97.4 Å². The molecule has 0 aliphatic carbocycles. The van der Waals surface area contributed by atoms with E-state index >= 15 is 0 Å². The summed E-state index contributed by atoms with van der Waals surface area (Å²) < 4.78 is 13.2. The molecule has 1 rings (SSSR count). The molecule has 0 radical (unpaired) electrons. The van der Waals surface area contributed by atoms with Crippen LogP contribution in [0.25, 0.3) is 0 Å². The first-order valence-corrected chi connectivity index (χ1v) is 5.27. The summed E-state index contributed by atoms with van der Waals surface area (Å²) in [6, 6.07) is 3.97. The Hall–Kier alpha value is -0.800. The summed E-state index contributed by atoms with van der Waals surface area (Å²) in [6.45, 7) is 1.66. The number of halogens is 3. The largest absolute Gasteiger partial charge is 0.323 e. The average Bonchev–Trinajstić information content (AvgIpc) is 2.22. The molecule has 0 aromatic heterocycles. The van der Waals surface area contributed by atoms with E-state index in [0.717, 1.165) is 0 Å². The second kappa shape index (κ2) is 5.33.